The number of hydrogen-bond donors (Lipinski definition) is 4. The van der Waals surface area contributed by atoms with Crippen molar-refractivity contribution in [3.05, 3.63) is 37.5 Å². The summed E-state index contributed by atoms with van der Waals surface area (Å²) in [4.78, 5) is 14.8. The summed E-state index contributed by atoms with van der Waals surface area (Å²) < 4.78 is 0.701. The number of aromatic amines is 1. The molecule has 1 aromatic heterocycles. The molecule has 0 saturated heterocycles. The first kappa shape index (κ1) is 12.5. The molecule has 4 N–H and O–H groups in total. The topological polar surface area (TPSA) is 77.8 Å². The summed E-state index contributed by atoms with van der Waals surface area (Å²) in [6.07, 6.45) is 1.26. The lowest BCUT2D eigenvalue weighted by Crippen LogP contribution is -3.03. The van der Waals surface area contributed by atoms with E-state index in [1.54, 1.807) is 6.92 Å². The Morgan fingerprint density at radius 3 is 2.71 bits per heavy atom. The van der Waals surface area contributed by atoms with Crippen molar-refractivity contribution in [2.45, 2.75) is 6.92 Å². The third-order valence-corrected chi connectivity index (χ3v) is 4.09. The second kappa shape index (κ2) is 4.40. The van der Waals surface area contributed by atoms with E-state index in [0.717, 1.165) is 5.56 Å². The van der Waals surface area contributed by atoms with Crippen molar-refractivity contribution in [2.75, 3.05) is 0 Å². The molecule has 0 unspecified atom stereocenters. The fourth-order valence-electron chi connectivity index (χ4n) is 1.64. The number of aryl methyl sites for hydroxylation is 1. The van der Waals surface area contributed by atoms with E-state index in [-0.39, 0.29) is 5.69 Å². The van der Waals surface area contributed by atoms with Gasteiger partial charge in [0, 0.05) is 4.47 Å². The summed E-state index contributed by atoms with van der Waals surface area (Å²) in [5.41, 5.74) is 0.733. The zero-order valence-corrected chi connectivity index (χ0v) is 11.1. The second-order valence-electron chi connectivity index (χ2n) is 3.58. The summed E-state index contributed by atoms with van der Waals surface area (Å²) >= 11 is 9.28. The van der Waals surface area contributed by atoms with Gasteiger partial charge in [0.1, 0.15) is 0 Å². The minimum absolute atomic E-state index is 0.185. The van der Waals surface area contributed by atoms with Crippen LogP contribution < -0.4 is 10.7 Å². The van der Waals surface area contributed by atoms with Crippen molar-refractivity contribution >= 4 is 44.1 Å². The van der Waals surface area contributed by atoms with Gasteiger partial charge in [-0.2, -0.15) is 10.4 Å². The molecule has 17 heavy (non-hydrogen) atoms. The fraction of sp³-hybridized carbons (Fsp3) is 0.100. The van der Waals surface area contributed by atoms with Crippen LogP contribution in [0.2, 0.25) is 5.02 Å². The Balaban J connectivity index is 2.93. The van der Waals surface area contributed by atoms with E-state index >= 15 is 0 Å². The van der Waals surface area contributed by atoms with Crippen LogP contribution in [-0.4, -0.2) is 15.4 Å². The Morgan fingerprint density at radius 1 is 1.47 bits per heavy atom. The molecular formula is C10H9BrClN2O3+. The van der Waals surface area contributed by atoms with Crippen molar-refractivity contribution in [2.24, 2.45) is 0 Å². The van der Waals surface area contributed by atoms with Gasteiger partial charge in [-0.3, -0.25) is 4.79 Å². The number of H-pyrrole nitrogens is 1. The Morgan fingerprint density at radius 2 is 2.12 bits per heavy atom. The molecule has 90 valence electrons. The van der Waals surface area contributed by atoms with E-state index in [1.165, 1.54) is 12.3 Å². The van der Waals surface area contributed by atoms with Crippen LogP contribution in [0.15, 0.2) is 21.5 Å². The Kier molecular flexibility index (Phi) is 3.24. The lowest BCUT2D eigenvalue weighted by molar-refractivity contribution is -1.19. The van der Waals surface area contributed by atoms with E-state index < -0.39 is 10.7 Å². The van der Waals surface area contributed by atoms with Gasteiger partial charge in [-0.15, -0.1) is 0 Å². The average Bonchev–Trinajstić information content (AvgIpc) is 2.27. The largest absolute Gasteiger partial charge is 0.356 e. The zero-order chi connectivity index (χ0) is 12.7. The molecule has 0 saturated carbocycles. The molecule has 7 heteroatoms. The number of pyridine rings is 1. The van der Waals surface area contributed by atoms with Gasteiger partial charge >= 0.3 is 0 Å². The number of benzene rings is 1. The maximum Gasteiger partial charge on any atom is 0.261 e. The number of hydrogen-bond acceptors (Lipinski definition) is 3. The normalized spacial score (nSPS) is 11.4. The summed E-state index contributed by atoms with van der Waals surface area (Å²) in [6.45, 7) is 1.80. The van der Waals surface area contributed by atoms with Gasteiger partial charge in [-0.05, 0) is 39.7 Å². The molecule has 5 nitrogen and oxygen atoms in total. The SMILES string of the molecule is Cc1c(Br)c(Cl)cc2c(=O)c([NH+](O)O)c[nH]c12. The first-order valence-corrected chi connectivity index (χ1v) is 5.85. The van der Waals surface area contributed by atoms with Crippen molar-refractivity contribution in [3.8, 4) is 0 Å². The molecule has 1 aromatic carbocycles. The van der Waals surface area contributed by atoms with Crippen molar-refractivity contribution in [1.29, 1.82) is 0 Å². The minimum Gasteiger partial charge on any atom is -0.356 e. The second-order valence-corrected chi connectivity index (χ2v) is 4.78. The van der Waals surface area contributed by atoms with Crippen LogP contribution in [0, 0.1) is 6.92 Å². The van der Waals surface area contributed by atoms with Gasteiger partial charge in [0.25, 0.3) is 11.1 Å². The molecule has 0 amide bonds. The Labute approximate surface area is 109 Å². The fourth-order valence-corrected chi connectivity index (χ4v) is 2.20. The standard InChI is InChI=1S/C10H8BrClN2O3/c1-4-8(11)6(12)2-5-9(4)13-3-7(10(5)15)14(16)17/h2-3,16-17H,1H3,(H,13,15)/p+1. The van der Waals surface area contributed by atoms with Gasteiger partial charge in [-0.1, -0.05) is 11.6 Å². The highest BCUT2D eigenvalue weighted by Crippen LogP contribution is 2.30. The summed E-state index contributed by atoms with van der Waals surface area (Å²) in [7, 11) is 0. The molecule has 0 aliphatic heterocycles. The van der Waals surface area contributed by atoms with Gasteiger partial charge < -0.3 is 4.98 Å². The molecule has 0 radical (unpaired) electrons. The van der Waals surface area contributed by atoms with E-state index in [9.17, 15) is 4.79 Å². The molecule has 0 spiro atoms. The monoisotopic (exact) mass is 319 g/mol. The van der Waals surface area contributed by atoms with E-state index in [1.807, 2.05) is 0 Å². The Hall–Kier alpha value is -0.920. The predicted octanol–water partition coefficient (Wildman–Crippen LogP) is 1.55. The molecule has 1 heterocycles. The predicted molar refractivity (Wildman–Crippen MR) is 66.2 cm³/mol. The summed E-state index contributed by atoms with van der Waals surface area (Å²) in [5.74, 6) is 0. The van der Waals surface area contributed by atoms with Gasteiger partial charge in [0.2, 0.25) is 0 Å². The number of aromatic nitrogens is 1. The van der Waals surface area contributed by atoms with Crippen molar-refractivity contribution in [1.82, 2.24) is 4.98 Å². The smallest absolute Gasteiger partial charge is 0.261 e. The lowest BCUT2D eigenvalue weighted by atomic mass is 10.1. The van der Waals surface area contributed by atoms with E-state index in [2.05, 4.69) is 20.9 Å². The number of nitrogens with one attached hydrogen (secondary N) is 2. The first-order valence-electron chi connectivity index (χ1n) is 4.68. The average molecular weight is 321 g/mol. The van der Waals surface area contributed by atoms with Crippen molar-refractivity contribution in [3.63, 3.8) is 0 Å². The van der Waals surface area contributed by atoms with Crippen LogP contribution in [0.25, 0.3) is 10.9 Å². The minimum atomic E-state index is -1.01. The molecule has 2 aromatic rings. The van der Waals surface area contributed by atoms with Crippen LogP contribution in [0.1, 0.15) is 5.56 Å². The van der Waals surface area contributed by atoms with E-state index in [0.29, 0.717) is 20.4 Å². The highest BCUT2D eigenvalue weighted by Gasteiger charge is 2.17. The Bertz CT molecular complexity index is 654. The summed E-state index contributed by atoms with van der Waals surface area (Å²) in [6, 6.07) is 1.49. The molecule has 0 fully saturated rings. The molecule has 2 rings (SSSR count). The van der Waals surface area contributed by atoms with Crippen LogP contribution in [0.3, 0.4) is 0 Å². The molecular weight excluding hydrogens is 311 g/mol. The molecule has 0 atom stereocenters. The van der Waals surface area contributed by atoms with Crippen LogP contribution in [0.5, 0.6) is 0 Å². The third kappa shape index (κ3) is 1.98. The van der Waals surface area contributed by atoms with Gasteiger partial charge in [-0.25, -0.2) is 0 Å². The third-order valence-electron chi connectivity index (χ3n) is 2.55. The first-order chi connectivity index (χ1) is 7.93. The maximum absolute atomic E-state index is 12.0. The van der Waals surface area contributed by atoms with Crippen LogP contribution in [-0.2, 0) is 0 Å². The molecule has 0 bridgehead atoms. The summed E-state index contributed by atoms with van der Waals surface area (Å²) in [5, 5.41) is 17.6. The maximum atomic E-state index is 12.0. The number of quaternary nitrogens is 1. The number of fused-ring (bicyclic) bond motifs is 1. The lowest BCUT2D eigenvalue weighted by Gasteiger charge is -2.07. The van der Waals surface area contributed by atoms with Crippen molar-refractivity contribution < 1.29 is 15.6 Å². The van der Waals surface area contributed by atoms with E-state index in [4.69, 9.17) is 22.0 Å². The zero-order valence-electron chi connectivity index (χ0n) is 8.71. The van der Waals surface area contributed by atoms with Gasteiger partial charge in [0.05, 0.1) is 22.1 Å². The highest BCUT2D eigenvalue weighted by atomic mass is 79.9. The van der Waals surface area contributed by atoms with Crippen LogP contribution >= 0.6 is 27.5 Å². The quantitative estimate of drug-likeness (QED) is 0.602. The number of halogens is 2. The molecule has 0 aliphatic rings. The number of rotatable bonds is 1. The van der Waals surface area contributed by atoms with Crippen LogP contribution in [0.4, 0.5) is 5.69 Å². The molecule has 0 aliphatic carbocycles. The highest BCUT2D eigenvalue weighted by molar-refractivity contribution is 9.10. The van der Waals surface area contributed by atoms with Gasteiger partial charge in [0.15, 0.2) is 0 Å².